The van der Waals surface area contributed by atoms with Crippen LogP contribution in [0, 0.1) is 6.92 Å². The molecule has 2 aromatic rings. The number of ketones is 1. The van der Waals surface area contributed by atoms with Crippen LogP contribution < -0.4 is 0 Å². The topological polar surface area (TPSA) is 17.1 Å². The average Bonchev–Trinajstić information content (AvgIpc) is 2.55. The summed E-state index contributed by atoms with van der Waals surface area (Å²) in [5.41, 5.74) is 8.60. The molecule has 2 aromatic carbocycles. The van der Waals surface area contributed by atoms with Crippen LogP contribution in [0.1, 0.15) is 43.9 Å². The second-order valence-electron chi connectivity index (χ2n) is 6.79. The number of hydrogen-bond acceptors (Lipinski definition) is 1. The summed E-state index contributed by atoms with van der Waals surface area (Å²) >= 11 is 0. The van der Waals surface area contributed by atoms with Crippen LogP contribution in [0.2, 0.25) is 0 Å². The number of allylic oxidation sites excluding steroid dienone is 3. The third-order valence-corrected chi connectivity index (χ3v) is 4.26. The fourth-order valence-corrected chi connectivity index (χ4v) is 2.75. The predicted molar refractivity (Wildman–Crippen MR) is 109 cm³/mol. The number of rotatable bonds is 6. The van der Waals surface area contributed by atoms with E-state index in [1.54, 1.807) is 6.92 Å². The number of aryl methyl sites for hydroxylation is 1. The third kappa shape index (κ3) is 4.90. The molecule has 0 bridgehead atoms. The molecule has 0 heterocycles. The van der Waals surface area contributed by atoms with Gasteiger partial charge in [-0.1, -0.05) is 66.8 Å². The van der Waals surface area contributed by atoms with Gasteiger partial charge in [0.2, 0.25) is 0 Å². The molecule has 0 unspecified atom stereocenters. The van der Waals surface area contributed by atoms with Crippen molar-refractivity contribution in [2.75, 3.05) is 0 Å². The van der Waals surface area contributed by atoms with E-state index < -0.39 is 0 Å². The summed E-state index contributed by atoms with van der Waals surface area (Å²) in [5.74, 6) is 0.0989. The molecule has 0 amide bonds. The van der Waals surface area contributed by atoms with Crippen molar-refractivity contribution in [2.24, 2.45) is 0 Å². The first-order valence-corrected chi connectivity index (χ1v) is 8.51. The van der Waals surface area contributed by atoms with Crippen molar-refractivity contribution < 1.29 is 4.79 Å². The summed E-state index contributed by atoms with van der Waals surface area (Å²) in [5, 5.41) is 0. The minimum absolute atomic E-state index is 0.0989. The van der Waals surface area contributed by atoms with Gasteiger partial charge < -0.3 is 0 Å². The molecule has 0 aliphatic rings. The van der Waals surface area contributed by atoms with Gasteiger partial charge in [0.1, 0.15) is 0 Å². The van der Waals surface area contributed by atoms with Crippen molar-refractivity contribution in [1.29, 1.82) is 0 Å². The lowest BCUT2D eigenvalue weighted by Crippen LogP contribution is -1.98. The van der Waals surface area contributed by atoms with Crippen molar-refractivity contribution >= 4 is 17.4 Å². The minimum atomic E-state index is 0.0989. The Labute approximate surface area is 151 Å². The first-order valence-electron chi connectivity index (χ1n) is 8.51. The summed E-state index contributed by atoms with van der Waals surface area (Å²) < 4.78 is 0. The predicted octanol–water partition coefficient (Wildman–Crippen LogP) is 6.63. The second kappa shape index (κ2) is 7.94. The fraction of sp³-hybridized carbons (Fsp3) is 0.208. The lowest BCUT2D eigenvalue weighted by molar-refractivity contribution is -0.113. The van der Waals surface area contributed by atoms with Crippen LogP contribution in [0.4, 0.5) is 0 Å². The minimum Gasteiger partial charge on any atom is -0.295 e. The average molecular weight is 330 g/mol. The number of hydrogen-bond donors (Lipinski definition) is 0. The molecule has 0 saturated heterocycles. The molecular weight excluding hydrogens is 304 g/mol. The van der Waals surface area contributed by atoms with Gasteiger partial charge in [0, 0.05) is 0 Å². The van der Waals surface area contributed by atoms with Crippen molar-refractivity contribution in [2.45, 2.75) is 34.1 Å². The van der Waals surface area contributed by atoms with Crippen LogP contribution in [-0.4, -0.2) is 5.78 Å². The second-order valence-corrected chi connectivity index (χ2v) is 6.79. The van der Waals surface area contributed by atoms with Gasteiger partial charge in [0.15, 0.2) is 5.78 Å². The third-order valence-electron chi connectivity index (χ3n) is 4.26. The molecule has 2 rings (SSSR count). The Morgan fingerprint density at radius 3 is 2.04 bits per heavy atom. The van der Waals surface area contributed by atoms with Crippen LogP contribution in [0.3, 0.4) is 0 Å². The molecule has 128 valence electrons. The highest BCUT2D eigenvalue weighted by Gasteiger charge is 2.07. The largest absolute Gasteiger partial charge is 0.295 e. The lowest BCUT2D eigenvalue weighted by atomic mass is 9.95. The summed E-state index contributed by atoms with van der Waals surface area (Å²) in [6.07, 6.45) is 2.61. The quantitative estimate of drug-likeness (QED) is 0.429. The van der Waals surface area contributed by atoms with Gasteiger partial charge in [-0.3, -0.25) is 4.79 Å². The smallest absolute Gasteiger partial charge is 0.156 e. The maximum atomic E-state index is 11.9. The zero-order valence-corrected chi connectivity index (χ0v) is 15.6. The molecule has 0 saturated carbocycles. The Morgan fingerprint density at radius 1 is 0.960 bits per heavy atom. The normalized spacial score (nSPS) is 11.3. The fourth-order valence-electron chi connectivity index (χ4n) is 2.75. The molecule has 0 atom stereocenters. The number of carbonyl (C=O) groups is 1. The highest BCUT2D eigenvalue weighted by atomic mass is 16.1. The maximum absolute atomic E-state index is 11.9. The highest BCUT2D eigenvalue weighted by Crippen LogP contribution is 2.26. The van der Waals surface area contributed by atoms with Gasteiger partial charge in [-0.2, -0.15) is 0 Å². The van der Waals surface area contributed by atoms with Crippen molar-refractivity contribution in [3.8, 4) is 11.1 Å². The maximum Gasteiger partial charge on any atom is 0.156 e. The van der Waals surface area contributed by atoms with E-state index in [9.17, 15) is 4.79 Å². The van der Waals surface area contributed by atoms with E-state index in [-0.39, 0.29) is 5.78 Å². The van der Waals surface area contributed by atoms with E-state index in [1.807, 2.05) is 19.9 Å². The van der Waals surface area contributed by atoms with Gasteiger partial charge in [0.05, 0.1) is 0 Å². The van der Waals surface area contributed by atoms with Gasteiger partial charge in [-0.15, -0.1) is 0 Å². The lowest BCUT2D eigenvalue weighted by Gasteiger charge is -2.09. The number of carbonyl (C=O) groups excluding carboxylic acids is 1. The van der Waals surface area contributed by atoms with Crippen LogP contribution >= 0.6 is 0 Å². The molecular formula is C24H26O. The van der Waals surface area contributed by atoms with E-state index in [0.717, 1.165) is 33.4 Å². The van der Waals surface area contributed by atoms with E-state index in [2.05, 4.69) is 62.5 Å². The van der Waals surface area contributed by atoms with E-state index in [0.29, 0.717) is 6.42 Å². The molecule has 0 fully saturated rings. The van der Waals surface area contributed by atoms with Crippen LogP contribution in [-0.2, 0) is 4.79 Å². The Morgan fingerprint density at radius 2 is 1.56 bits per heavy atom. The number of benzene rings is 2. The standard InChI is InChI=1S/C24H26O/c1-16(2)13-24(19(6)25)15-22-11-12-23(14-18(22)5)21-9-7-20(8-10-21)17(3)4/h7-12,14-15H,1,3,13H2,2,4-6H3/b24-15+. The molecule has 0 spiro atoms. The Bertz CT molecular complexity index is 848. The highest BCUT2D eigenvalue weighted by molar-refractivity contribution is 5.98. The zero-order chi connectivity index (χ0) is 18.6. The van der Waals surface area contributed by atoms with E-state index >= 15 is 0 Å². The van der Waals surface area contributed by atoms with Crippen LogP contribution in [0.15, 0.2) is 66.8 Å². The van der Waals surface area contributed by atoms with Gasteiger partial charge in [-0.05, 0) is 73.6 Å². The molecule has 0 radical (unpaired) electrons. The summed E-state index contributed by atoms with van der Waals surface area (Å²) in [6, 6.07) is 14.8. The van der Waals surface area contributed by atoms with E-state index in [1.165, 1.54) is 11.1 Å². The van der Waals surface area contributed by atoms with Crippen LogP contribution in [0.5, 0.6) is 0 Å². The van der Waals surface area contributed by atoms with Crippen molar-refractivity contribution in [3.63, 3.8) is 0 Å². The molecule has 0 aliphatic carbocycles. The molecule has 1 heteroatoms. The SMILES string of the molecule is C=C(C)C/C(=C\c1ccc(-c2ccc(C(=C)C)cc2)cc1C)C(C)=O. The Kier molecular flexibility index (Phi) is 5.93. The first kappa shape index (κ1) is 18.7. The molecule has 0 N–H and O–H groups in total. The zero-order valence-electron chi connectivity index (χ0n) is 15.6. The Hall–Kier alpha value is -2.67. The summed E-state index contributed by atoms with van der Waals surface area (Å²) in [4.78, 5) is 11.9. The van der Waals surface area contributed by atoms with Gasteiger partial charge >= 0.3 is 0 Å². The molecule has 1 nitrogen and oxygen atoms in total. The molecule has 0 aliphatic heterocycles. The molecule has 25 heavy (non-hydrogen) atoms. The summed E-state index contributed by atoms with van der Waals surface area (Å²) in [7, 11) is 0. The van der Waals surface area contributed by atoms with E-state index in [4.69, 9.17) is 0 Å². The summed E-state index contributed by atoms with van der Waals surface area (Å²) in [6.45, 7) is 15.5. The van der Waals surface area contributed by atoms with Crippen LogP contribution in [0.25, 0.3) is 22.8 Å². The van der Waals surface area contributed by atoms with Crippen molar-refractivity contribution in [3.05, 3.63) is 83.5 Å². The van der Waals surface area contributed by atoms with Crippen molar-refractivity contribution in [1.82, 2.24) is 0 Å². The molecule has 0 aromatic heterocycles. The van der Waals surface area contributed by atoms with Gasteiger partial charge in [0.25, 0.3) is 0 Å². The Balaban J connectivity index is 2.35. The van der Waals surface area contributed by atoms with Gasteiger partial charge in [-0.25, -0.2) is 0 Å². The number of Topliss-reactive ketones (excluding diaryl/α,β-unsaturated/α-hetero) is 1. The monoisotopic (exact) mass is 330 g/mol. The first-order chi connectivity index (χ1) is 11.8.